The molecule has 1 heterocycles. The summed E-state index contributed by atoms with van der Waals surface area (Å²) in [5.74, 6) is 0. The summed E-state index contributed by atoms with van der Waals surface area (Å²) >= 11 is 4.95. The van der Waals surface area contributed by atoms with Crippen LogP contribution in [0, 0.1) is 0 Å². The quantitative estimate of drug-likeness (QED) is 0.853. The minimum Gasteiger partial charge on any atom is -0.316 e. The number of nitrogens with one attached hydrogen (secondary N) is 1. The van der Waals surface area contributed by atoms with E-state index in [4.69, 9.17) is 0 Å². The van der Waals surface area contributed by atoms with Gasteiger partial charge in [0.1, 0.15) is 0 Å². The summed E-state index contributed by atoms with van der Waals surface area (Å²) in [7, 11) is 1.96. The molecule has 0 spiro atoms. The van der Waals surface area contributed by atoms with E-state index in [-0.39, 0.29) is 0 Å². The van der Waals surface area contributed by atoms with Gasteiger partial charge in [-0.3, -0.25) is 0 Å². The van der Waals surface area contributed by atoms with Crippen LogP contribution in [0.1, 0.15) is 5.56 Å². The Balaban J connectivity index is 2.17. The average Bonchev–Trinajstić information content (AvgIpc) is 2.80. The Bertz CT molecular complexity index is 484. The second-order valence-electron chi connectivity index (χ2n) is 3.28. The summed E-state index contributed by atoms with van der Waals surface area (Å²) in [6.45, 7) is 0.872. The van der Waals surface area contributed by atoms with E-state index in [1.54, 1.807) is 34.9 Å². The van der Waals surface area contributed by atoms with E-state index >= 15 is 0 Å². The molecule has 0 atom stereocenters. The van der Waals surface area contributed by atoms with Crippen molar-refractivity contribution in [2.45, 2.75) is 20.1 Å². The Morgan fingerprint density at radius 2 is 2.00 bits per heavy atom. The molecule has 0 aliphatic heterocycles. The number of hydrogen-bond donors (Lipinski definition) is 1. The molecule has 2 rings (SSSR count). The monoisotopic (exact) mass is 283 g/mol. The molecule has 90 valence electrons. The normalized spacial score (nSPS) is 10.7. The van der Waals surface area contributed by atoms with E-state index in [0.717, 1.165) is 15.2 Å². The predicted molar refractivity (Wildman–Crippen MR) is 75.0 cm³/mol. The highest BCUT2D eigenvalue weighted by Crippen LogP contribution is 2.34. The SMILES string of the molecule is CNCc1ccccc1Sc1nnc(SC)s1. The molecule has 0 amide bonds. The van der Waals surface area contributed by atoms with Crippen molar-refractivity contribution >= 4 is 34.9 Å². The largest absolute Gasteiger partial charge is 0.316 e. The zero-order valence-electron chi connectivity index (χ0n) is 9.64. The number of rotatable bonds is 5. The van der Waals surface area contributed by atoms with E-state index in [2.05, 4.69) is 39.8 Å². The average molecular weight is 283 g/mol. The fourth-order valence-corrected chi connectivity index (χ4v) is 3.88. The van der Waals surface area contributed by atoms with E-state index in [1.165, 1.54) is 10.5 Å². The van der Waals surface area contributed by atoms with Crippen molar-refractivity contribution < 1.29 is 0 Å². The Labute approximate surface area is 113 Å². The van der Waals surface area contributed by atoms with Gasteiger partial charge in [0.25, 0.3) is 0 Å². The summed E-state index contributed by atoms with van der Waals surface area (Å²) in [6.07, 6.45) is 2.02. The van der Waals surface area contributed by atoms with Gasteiger partial charge in [0.2, 0.25) is 0 Å². The van der Waals surface area contributed by atoms with Gasteiger partial charge in [0.15, 0.2) is 8.68 Å². The smallest absolute Gasteiger partial charge is 0.179 e. The lowest BCUT2D eigenvalue weighted by Gasteiger charge is -2.05. The third-order valence-electron chi connectivity index (χ3n) is 2.10. The molecule has 0 unspecified atom stereocenters. The van der Waals surface area contributed by atoms with Crippen LogP contribution in [0.15, 0.2) is 37.8 Å². The Morgan fingerprint density at radius 3 is 2.71 bits per heavy atom. The van der Waals surface area contributed by atoms with Gasteiger partial charge in [0.05, 0.1) is 0 Å². The van der Waals surface area contributed by atoms with Gasteiger partial charge in [0, 0.05) is 11.4 Å². The van der Waals surface area contributed by atoms with Gasteiger partial charge < -0.3 is 5.32 Å². The fraction of sp³-hybridized carbons (Fsp3) is 0.273. The van der Waals surface area contributed by atoms with Crippen LogP contribution >= 0.6 is 34.9 Å². The molecule has 17 heavy (non-hydrogen) atoms. The second-order valence-corrected chi connectivity index (χ2v) is 6.60. The summed E-state index contributed by atoms with van der Waals surface area (Å²) in [6, 6.07) is 8.37. The van der Waals surface area contributed by atoms with Crippen LogP contribution in [-0.4, -0.2) is 23.5 Å². The van der Waals surface area contributed by atoms with Crippen LogP contribution in [0.3, 0.4) is 0 Å². The molecule has 0 saturated carbocycles. The highest BCUT2D eigenvalue weighted by atomic mass is 32.2. The lowest BCUT2D eigenvalue weighted by atomic mass is 10.2. The maximum absolute atomic E-state index is 4.17. The molecular formula is C11H13N3S3. The molecular weight excluding hydrogens is 270 g/mol. The molecule has 0 aliphatic carbocycles. The van der Waals surface area contributed by atoms with Gasteiger partial charge in [-0.25, -0.2) is 0 Å². The number of hydrogen-bond acceptors (Lipinski definition) is 6. The first-order valence-corrected chi connectivity index (χ1v) is 7.97. The van der Waals surface area contributed by atoms with Gasteiger partial charge in [-0.15, -0.1) is 10.2 Å². The van der Waals surface area contributed by atoms with Crippen LogP contribution in [0.5, 0.6) is 0 Å². The maximum Gasteiger partial charge on any atom is 0.179 e. The van der Waals surface area contributed by atoms with E-state index in [1.807, 2.05) is 13.3 Å². The first-order valence-electron chi connectivity index (χ1n) is 5.11. The van der Waals surface area contributed by atoms with Gasteiger partial charge in [-0.1, -0.05) is 53.1 Å². The van der Waals surface area contributed by atoms with Crippen LogP contribution in [-0.2, 0) is 6.54 Å². The summed E-state index contributed by atoms with van der Waals surface area (Å²) < 4.78 is 2.01. The van der Waals surface area contributed by atoms with E-state index in [0.29, 0.717) is 0 Å². The molecule has 1 aromatic carbocycles. The van der Waals surface area contributed by atoms with Crippen LogP contribution in [0.25, 0.3) is 0 Å². The molecule has 2 aromatic rings. The summed E-state index contributed by atoms with van der Waals surface area (Å²) in [5, 5.41) is 11.5. The molecule has 0 aliphatic rings. The number of benzene rings is 1. The van der Waals surface area contributed by atoms with Crippen LogP contribution in [0.2, 0.25) is 0 Å². The summed E-state index contributed by atoms with van der Waals surface area (Å²) in [5.41, 5.74) is 1.29. The molecule has 0 fully saturated rings. The zero-order chi connectivity index (χ0) is 12.1. The van der Waals surface area contributed by atoms with Crippen molar-refractivity contribution in [3.8, 4) is 0 Å². The van der Waals surface area contributed by atoms with Gasteiger partial charge >= 0.3 is 0 Å². The summed E-state index contributed by atoms with van der Waals surface area (Å²) in [4.78, 5) is 1.24. The van der Waals surface area contributed by atoms with Gasteiger partial charge in [-0.2, -0.15) is 0 Å². The highest BCUT2D eigenvalue weighted by molar-refractivity contribution is 8.03. The zero-order valence-corrected chi connectivity index (χ0v) is 12.1. The predicted octanol–water partition coefficient (Wildman–Crippen LogP) is 3.13. The lowest BCUT2D eigenvalue weighted by Crippen LogP contribution is -2.05. The molecule has 1 aromatic heterocycles. The number of aromatic nitrogens is 2. The maximum atomic E-state index is 4.17. The van der Waals surface area contributed by atoms with Gasteiger partial charge in [-0.05, 0) is 24.9 Å². The highest BCUT2D eigenvalue weighted by Gasteiger charge is 2.08. The van der Waals surface area contributed by atoms with Crippen LogP contribution in [0.4, 0.5) is 0 Å². The fourth-order valence-electron chi connectivity index (χ4n) is 1.35. The van der Waals surface area contributed by atoms with E-state index < -0.39 is 0 Å². The molecule has 6 heteroatoms. The first kappa shape index (κ1) is 12.9. The van der Waals surface area contributed by atoms with Crippen molar-refractivity contribution in [3.05, 3.63) is 29.8 Å². The Morgan fingerprint density at radius 1 is 1.24 bits per heavy atom. The van der Waals surface area contributed by atoms with Crippen molar-refractivity contribution in [1.29, 1.82) is 0 Å². The molecule has 1 N–H and O–H groups in total. The van der Waals surface area contributed by atoms with Crippen molar-refractivity contribution in [3.63, 3.8) is 0 Å². The number of nitrogens with zero attached hydrogens (tertiary/aromatic N) is 2. The lowest BCUT2D eigenvalue weighted by molar-refractivity contribution is 0.803. The number of thioether (sulfide) groups is 1. The first-order chi connectivity index (χ1) is 8.33. The molecule has 0 bridgehead atoms. The second kappa shape index (κ2) is 6.39. The van der Waals surface area contributed by atoms with Crippen molar-refractivity contribution in [2.24, 2.45) is 0 Å². The Hall–Kier alpha value is -0.560. The molecule has 3 nitrogen and oxygen atoms in total. The molecule has 0 saturated heterocycles. The van der Waals surface area contributed by atoms with E-state index in [9.17, 15) is 0 Å². The minimum absolute atomic E-state index is 0.872. The van der Waals surface area contributed by atoms with Crippen molar-refractivity contribution in [1.82, 2.24) is 15.5 Å². The van der Waals surface area contributed by atoms with Crippen LogP contribution < -0.4 is 5.32 Å². The minimum atomic E-state index is 0.872. The molecule has 0 radical (unpaired) electrons. The Kier molecular flexibility index (Phi) is 4.85. The standard InChI is InChI=1S/C11H13N3S3/c1-12-7-8-5-3-4-6-9(8)16-11-14-13-10(15-2)17-11/h3-6,12H,7H2,1-2H3. The third-order valence-corrected chi connectivity index (χ3v) is 5.17. The third kappa shape index (κ3) is 3.45. The topological polar surface area (TPSA) is 37.8 Å². The van der Waals surface area contributed by atoms with Crippen molar-refractivity contribution in [2.75, 3.05) is 13.3 Å².